The van der Waals surface area contributed by atoms with E-state index in [9.17, 15) is 4.79 Å². The molecule has 0 radical (unpaired) electrons. The van der Waals surface area contributed by atoms with E-state index in [1.807, 2.05) is 31.2 Å². The summed E-state index contributed by atoms with van der Waals surface area (Å²) in [6.45, 7) is 2.17. The number of carbonyl (C=O) groups excluding carboxylic acids is 1. The van der Waals surface area contributed by atoms with E-state index >= 15 is 0 Å². The molecular formula is C9H13N3O. The molecule has 0 saturated carbocycles. The van der Waals surface area contributed by atoms with Crippen LogP contribution in [0.4, 0.5) is 5.69 Å². The van der Waals surface area contributed by atoms with E-state index in [1.54, 1.807) is 0 Å². The highest BCUT2D eigenvalue weighted by molar-refractivity contribution is 5.80. The van der Waals surface area contributed by atoms with Gasteiger partial charge in [-0.1, -0.05) is 18.2 Å². The maximum atomic E-state index is 10.8. The lowest BCUT2D eigenvalue weighted by Crippen LogP contribution is -2.35. The molecule has 70 valence electrons. The molecule has 0 fully saturated rings. The number of rotatable bonds is 3. The molecule has 1 aromatic carbocycles. The number of benzene rings is 1. The molecule has 4 nitrogen and oxygen atoms in total. The minimum Gasteiger partial charge on any atom is -0.376 e. The third-order valence-electron chi connectivity index (χ3n) is 1.75. The van der Waals surface area contributed by atoms with Crippen LogP contribution in [0.15, 0.2) is 24.3 Å². The third-order valence-corrected chi connectivity index (χ3v) is 1.75. The Morgan fingerprint density at radius 1 is 1.46 bits per heavy atom. The Hall–Kier alpha value is -1.55. The van der Waals surface area contributed by atoms with Crippen LogP contribution in [0, 0.1) is 6.92 Å². The molecule has 0 aliphatic rings. The molecule has 0 saturated heterocycles. The second-order valence-electron chi connectivity index (χ2n) is 2.74. The highest BCUT2D eigenvalue weighted by Crippen LogP contribution is 2.11. The lowest BCUT2D eigenvalue weighted by atomic mass is 10.2. The molecule has 1 rings (SSSR count). The van der Waals surface area contributed by atoms with Gasteiger partial charge < -0.3 is 5.32 Å². The third kappa shape index (κ3) is 2.76. The number of para-hydroxylation sites is 1. The quantitative estimate of drug-likeness (QED) is 0.357. The Morgan fingerprint density at radius 2 is 2.15 bits per heavy atom. The molecule has 0 heterocycles. The van der Waals surface area contributed by atoms with Gasteiger partial charge in [0.2, 0.25) is 0 Å². The van der Waals surface area contributed by atoms with Crippen molar-refractivity contribution in [2.24, 2.45) is 5.84 Å². The summed E-state index contributed by atoms with van der Waals surface area (Å²) in [5.41, 5.74) is 4.11. The molecule has 1 aromatic rings. The smallest absolute Gasteiger partial charge is 0.253 e. The minimum atomic E-state index is -0.233. The normalized spacial score (nSPS) is 9.38. The van der Waals surface area contributed by atoms with Crippen molar-refractivity contribution in [1.29, 1.82) is 0 Å². The second-order valence-corrected chi connectivity index (χ2v) is 2.74. The zero-order valence-corrected chi connectivity index (χ0v) is 7.50. The first kappa shape index (κ1) is 9.54. The van der Waals surface area contributed by atoms with Gasteiger partial charge in [0.15, 0.2) is 0 Å². The van der Waals surface area contributed by atoms with Crippen molar-refractivity contribution in [2.75, 3.05) is 11.9 Å². The Kier molecular flexibility index (Phi) is 3.28. The molecular weight excluding hydrogens is 166 g/mol. The number of amides is 1. The van der Waals surface area contributed by atoms with Crippen LogP contribution in [-0.4, -0.2) is 12.5 Å². The van der Waals surface area contributed by atoms with E-state index < -0.39 is 0 Å². The minimum absolute atomic E-state index is 0.196. The number of hydrogen-bond acceptors (Lipinski definition) is 3. The van der Waals surface area contributed by atoms with Crippen molar-refractivity contribution in [1.82, 2.24) is 5.43 Å². The van der Waals surface area contributed by atoms with E-state index in [-0.39, 0.29) is 12.5 Å². The Morgan fingerprint density at radius 3 is 2.77 bits per heavy atom. The Balaban J connectivity index is 2.54. The number of carbonyl (C=O) groups is 1. The van der Waals surface area contributed by atoms with Crippen LogP contribution in [0.25, 0.3) is 0 Å². The van der Waals surface area contributed by atoms with Crippen molar-refractivity contribution >= 4 is 11.6 Å². The average Bonchev–Trinajstić information content (AvgIpc) is 2.16. The molecule has 0 spiro atoms. The molecule has 4 N–H and O–H groups in total. The summed E-state index contributed by atoms with van der Waals surface area (Å²) >= 11 is 0. The standard InChI is InChI=1S/C9H13N3O/c1-7-4-2-3-5-8(7)11-6-9(13)12-10/h2-5,11H,6,10H2,1H3,(H,12,13). The van der Waals surface area contributed by atoms with Crippen LogP contribution in [0.2, 0.25) is 0 Å². The predicted molar refractivity (Wildman–Crippen MR) is 52.0 cm³/mol. The largest absolute Gasteiger partial charge is 0.376 e. The van der Waals surface area contributed by atoms with Gasteiger partial charge in [-0.15, -0.1) is 0 Å². The Labute approximate surface area is 77.1 Å². The Bertz CT molecular complexity index is 299. The van der Waals surface area contributed by atoms with Crippen LogP contribution in [0.1, 0.15) is 5.56 Å². The van der Waals surface area contributed by atoms with Gasteiger partial charge in [0, 0.05) is 5.69 Å². The molecule has 0 aliphatic carbocycles. The summed E-state index contributed by atoms with van der Waals surface area (Å²) in [6.07, 6.45) is 0. The van der Waals surface area contributed by atoms with E-state index in [4.69, 9.17) is 5.84 Å². The number of hydrazine groups is 1. The molecule has 13 heavy (non-hydrogen) atoms. The number of anilines is 1. The van der Waals surface area contributed by atoms with Crippen LogP contribution in [0.5, 0.6) is 0 Å². The first-order chi connectivity index (χ1) is 6.24. The molecule has 1 amide bonds. The SMILES string of the molecule is Cc1ccccc1NCC(=O)NN. The fourth-order valence-corrected chi connectivity index (χ4v) is 0.998. The van der Waals surface area contributed by atoms with Gasteiger partial charge in [-0.05, 0) is 18.6 Å². The molecule has 0 aliphatic heterocycles. The van der Waals surface area contributed by atoms with Gasteiger partial charge in [0.05, 0.1) is 6.54 Å². The average molecular weight is 179 g/mol. The number of aryl methyl sites for hydroxylation is 1. The molecule has 0 bridgehead atoms. The summed E-state index contributed by atoms with van der Waals surface area (Å²) in [5, 5.41) is 2.97. The van der Waals surface area contributed by atoms with E-state index in [0.717, 1.165) is 11.3 Å². The second kappa shape index (κ2) is 4.47. The lowest BCUT2D eigenvalue weighted by Gasteiger charge is -2.07. The monoisotopic (exact) mass is 179 g/mol. The molecule has 0 unspecified atom stereocenters. The van der Waals surface area contributed by atoms with E-state index in [2.05, 4.69) is 10.7 Å². The predicted octanol–water partition coefficient (Wildman–Crippen LogP) is 0.397. The van der Waals surface area contributed by atoms with Gasteiger partial charge in [0.25, 0.3) is 5.91 Å². The van der Waals surface area contributed by atoms with Crippen molar-refractivity contribution in [3.8, 4) is 0 Å². The fraction of sp³-hybridized carbons (Fsp3) is 0.222. The van der Waals surface area contributed by atoms with E-state index in [1.165, 1.54) is 0 Å². The topological polar surface area (TPSA) is 67.2 Å². The van der Waals surface area contributed by atoms with Gasteiger partial charge in [-0.25, -0.2) is 5.84 Å². The summed E-state index contributed by atoms with van der Waals surface area (Å²) in [6, 6.07) is 7.75. The maximum absolute atomic E-state index is 10.8. The summed E-state index contributed by atoms with van der Waals surface area (Å²) in [7, 11) is 0. The van der Waals surface area contributed by atoms with Crippen LogP contribution >= 0.6 is 0 Å². The van der Waals surface area contributed by atoms with Gasteiger partial charge >= 0.3 is 0 Å². The highest BCUT2D eigenvalue weighted by atomic mass is 16.2. The maximum Gasteiger partial charge on any atom is 0.253 e. The van der Waals surface area contributed by atoms with Crippen LogP contribution in [-0.2, 0) is 4.79 Å². The number of nitrogens with two attached hydrogens (primary N) is 1. The van der Waals surface area contributed by atoms with Crippen LogP contribution in [0.3, 0.4) is 0 Å². The van der Waals surface area contributed by atoms with Crippen molar-refractivity contribution in [2.45, 2.75) is 6.92 Å². The summed E-state index contributed by atoms with van der Waals surface area (Å²) in [5.74, 6) is 4.70. The first-order valence-electron chi connectivity index (χ1n) is 4.03. The van der Waals surface area contributed by atoms with Crippen molar-refractivity contribution < 1.29 is 4.79 Å². The molecule has 0 atom stereocenters. The number of nitrogens with one attached hydrogen (secondary N) is 2. The lowest BCUT2D eigenvalue weighted by molar-refractivity contribution is -0.119. The molecule has 4 heteroatoms. The van der Waals surface area contributed by atoms with Crippen LogP contribution < -0.4 is 16.6 Å². The summed E-state index contributed by atoms with van der Waals surface area (Å²) in [4.78, 5) is 10.8. The van der Waals surface area contributed by atoms with Crippen molar-refractivity contribution in [3.05, 3.63) is 29.8 Å². The zero-order chi connectivity index (χ0) is 9.68. The van der Waals surface area contributed by atoms with Crippen molar-refractivity contribution in [3.63, 3.8) is 0 Å². The summed E-state index contributed by atoms with van der Waals surface area (Å²) < 4.78 is 0. The highest BCUT2D eigenvalue weighted by Gasteiger charge is 1.99. The zero-order valence-electron chi connectivity index (χ0n) is 7.50. The van der Waals surface area contributed by atoms with Gasteiger partial charge in [0.1, 0.15) is 0 Å². The fourth-order valence-electron chi connectivity index (χ4n) is 0.998. The van der Waals surface area contributed by atoms with Gasteiger partial charge in [-0.2, -0.15) is 0 Å². The molecule has 0 aromatic heterocycles. The van der Waals surface area contributed by atoms with E-state index in [0.29, 0.717) is 0 Å². The van der Waals surface area contributed by atoms with Gasteiger partial charge in [-0.3, -0.25) is 10.2 Å². The first-order valence-corrected chi connectivity index (χ1v) is 4.03. The number of hydrogen-bond donors (Lipinski definition) is 3.